The third-order valence-corrected chi connectivity index (χ3v) is 4.81. The Hall–Kier alpha value is -3.58. The first-order valence-corrected chi connectivity index (χ1v) is 9.53. The summed E-state index contributed by atoms with van der Waals surface area (Å²) in [6.07, 6.45) is 1.75. The van der Waals surface area contributed by atoms with E-state index >= 15 is 0 Å². The average Bonchev–Trinajstić information content (AvgIpc) is 3.13. The summed E-state index contributed by atoms with van der Waals surface area (Å²) >= 11 is 0. The lowest BCUT2D eigenvalue weighted by molar-refractivity contribution is 1.54. The van der Waals surface area contributed by atoms with Crippen LogP contribution in [-0.4, -0.2) is 4.98 Å². The van der Waals surface area contributed by atoms with Crippen LogP contribution >= 0.6 is 0 Å². The maximum Gasteiger partial charge on any atom is 0.0465 e. The highest BCUT2D eigenvalue weighted by Gasteiger charge is 2.08. The van der Waals surface area contributed by atoms with Crippen LogP contribution in [0.15, 0.2) is 110 Å². The van der Waals surface area contributed by atoms with E-state index in [0.29, 0.717) is 0 Å². The van der Waals surface area contributed by atoms with Gasteiger partial charge in [-0.05, 0) is 53.4 Å². The first-order chi connectivity index (χ1) is 13.8. The Bertz CT molecular complexity index is 1120. The zero-order valence-electron chi connectivity index (χ0n) is 16.0. The fourth-order valence-corrected chi connectivity index (χ4v) is 3.52. The highest BCUT2D eigenvalue weighted by atomic mass is 14.7. The summed E-state index contributed by atoms with van der Waals surface area (Å²) in [5.74, 6) is 0. The Labute approximate surface area is 166 Å². The van der Waals surface area contributed by atoms with Crippen molar-refractivity contribution in [2.45, 2.75) is 6.92 Å². The van der Waals surface area contributed by atoms with E-state index in [2.05, 4.69) is 109 Å². The smallest absolute Gasteiger partial charge is 0.0465 e. The molecule has 1 heteroatoms. The summed E-state index contributed by atoms with van der Waals surface area (Å²) in [4.78, 5) is 3.54. The molecule has 0 aliphatic rings. The number of fused-ring (bicyclic) bond motifs is 3. The number of aromatic amines is 1. The van der Waals surface area contributed by atoms with Gasteiger partial charge < -0.3 is 4.98 Å². The molecule has 1 aromatic heterocycles. The fraction of sp³-hybridized carbons (Fsp3) is 0.0370. The molecule has 136 valence electrons. The van der Waals surface area contributed by atoms with Crippen molar-refractivity contribution in [2.24, 2.45) is 0 Å². The predicted molar refractivity (Wildman–Crippen MR) is 123 cm³/mol. The Kier molecular flexibility index (Phi) is 5.07. The van der Waals surface area contributed by atoms with Crippen LogP contribution in [0.25, 0.3) is 44.1 Å². The van der Waals surface area contributed by atoms with Gasteiger partial charge in [0.05, 0.1) is 0 Å². The molecule has 0 aliphatic carbocycles. The molecule has 0 amide bonds. The largest absolute Gasteiger partial charge is 0.355 e. The third-order valence-electron chi connectivity index (χ3n) is 4.81. The molecule has 0 radical (unpaired) electrons. The van der Waals surface area contributed by atoms with E-state index in [9.17, 15) is 0 Å². The fourth-order valence-electron chi connectivity index (χ4n) is 3.52. The van der Waals surface area contributed by atoms with Crippen molar-refractivity contribution in [1.29, 1.82) is 0 Å². The number of rotatable bonds is 2. The van der Waals surface area contributed by atoms with Crippen LogP contribution in [0.3, 0.4) is 0 Å². The van der Waals surface area contributed by atoms with E-state index in [-0.39, 0.29) is 0 Å². The van der Waals surface area contributed by atoms with Crippen molar-refractivity contribution in [1.82, 2.24) is 4.98 Å². The molecular formula is C27H23N. The molecule has 1 nitrogen and oxygen atoms in total. The second-order valence-electron chi connectivity index (χ2n) is 6.79. The molecule has 0 saturated heterocycles. The minimum Gasteiger partial charge on any atom is -0.355 e. The summed E-state index contributed by atoms with van der Waals surface area (Å²) < 4.78 is 0. The van der Waals surface area contributed by atoms with E-state index in [4.69, 9.17) is 0 Å². The molecule has 0 bridgehead atoms. The molecule has 5 aromatic rings. The second kappa shape index (κ2) is 7.98. The molecule has 0 fully saturated rings. The number of hydrogen-bond acceptors (Lipinski definition) is 0. The van der Waals surface area contributed by atoms with E-state index in [1.54, 1.807) is 6.08 Å². The molecular weight excluding hydrogens is 338 g/mol. The lowest BCUT2D eigenvalue weighted by Gasteiger charge is -2.03. The first kappa shape index (κ1) is 17.8. The zero-order chi connectivity index (χ0) is 19.3. The van der Waals surface area contributed by atoms with E-state index in [1.807, 2.05) is 6.92 Å². The normalized spacial score (nSPS) is 10.5. The minimum atomic E-state index is 1.18. The van der Waals surface area contributed by atoms with Gasteiger partial charge in [0.25, 0.3) is 0 Å². The second-order valence-corrected chi connectivity index (χ2v) is 6.79. The molecule has 0 atom stereocenters. The number of benzene rings is 4. The van der Waals surface area contributed by atoms with Crippen LogP contribution < -0.4 is 0 Å². The summed E-state index contributed by atoms with van der Waals surface area (Å²) in [6, 6.07) is 34.4. The number of aromatic nitrogens is 1. The van der Waals surface area contributed by atoms with Gasteiger partial charge in [0.2, 0.25) is 0 Å². The maximum absolute atomic E-state index is 3.54. The lowest BCUT2D eigenvalue weighted by atomic mass is 10.0. The first-order valence-electron chi connectivity index (χ1n) is 9.53. The Morgan fingerprint density at radius 3 is 1.36 bits per heavy atom. The molecule has 28 heavy (non-hydrogen) atoms. The van der Waals surface area contributed by atoms with Crippen LogP contribution in [-0.2, 0) is 0 Å². The molecule has 1 N–H and O–H groups in total. The summed E-state index contributed by atoms with van der Waals surface area (Å²) in [6.45, 7) is 5.25. The van der Waals surface area contributed by atoms with Gasteiger partial charge in [0.15, 0.2) is 0 Å². The van der Waals surface area contributed by atoms with E-state index < -0.39 is 0 Å². The lowest BCUT2D eigenvalue weighted by Crippen LogP contribution is -1.78. The number of nitrogens with one attached hydrogen (secondary N) is 1. The van der Waals surface area contributed by atoms with Gasteiger partial charge in [-0.15, -0.1) is 6.58 Å². The molecule has 0 saturated carbocycles. The van der Waals surface area contributed by atoms with Gasteiger partial charge in [-0.2, -0.15) is 0 Å². The minimum absolute atomic E-state index is 1.18. The standard InChI is InChI=1S/C24H17N.C3H6/c1-3-7-17(8-4-1)19-11-13-23-21(15-19)22-16-20(12-14-24(22)25-23)18-9-5-2-6-10-18;1-3-2/h1-16,25H;3H,1H2,2H3. The van der Waals surface area contributed by atoms with Crippen molar-refractivity contribution in [3.63, 3.8) is 0 Å². The SMILES string of the molecule is C=CC.c1ccc(-c2ccc3[nH]c4ccc(-c5ccccc5)cc4c3c2)cc1. The topological polar surface area (TPSA) is 15.8 Å². The van der Waals surface area contributed by atoms with Gasteiger partial charge in [0.1, 0.15) is 0 Å². The third kappa shape index (κ3) is 3.47. The Morgan fingerprint density at radius 2 is 0.964 bits per heavy atom. The number of allylic oxidation sites excluding steroid dienone is 1. The number of hydrogen-bond donors (Lipinski definition) is 1. The van der Waals surface area contributed by atoms with Gasteiger partial charge in [-0.25, -0.2) is 0 Å². The molecule has 5 rings (SSSR count). The van der Waals surface area contributed by atoms with Crippen molar-refractivity contribution >= 4 is 21.8 Å². The molecule has 0 aliphatic heterocycles. The Balaban J connectivity index is 0.000000604. The van der Waals surface area contributed by atoms with Gasteiger partial charge >= 0.3 is 0 Å². The van der Waals surface area contributed by atoms with Gasteiger partial charge in [-0.3, -0.25) is 0 Å². The van der Waals surface area contributed by atoms with Crippen LogP contribution in [0.1, 0.15) is 6.92 Å². The maximum atomic E-state index is 3.54. The average molecular weight is 361 g/mol. The van der Waals surface area contributed by atoms with E-state index in [1.165, 1.54) is 44.1 Å². The van der Waals surface area contributed by atoms with Gasteiger partial charge in [0, 0.05) is 21.8 Å². The van der Waals surface area contributed by atoms with Crippen LogP contribution in [0.4, 0.5) is 0 Å². The van der Waals surface area contributed by atoms with Crippen molar-refractivity contribution < 1.29 is 0 Å². The molecule has 0 spiro atoms. The Morgan fingerprint density at radius 1 is 0.571 bits per heavy atom. The molecule has 0 unspecified atom stereocenters. The predicted octanol–water partition coefficient (Wildman–Crippen LogP) is 7.85. The summed E-state index contributed by atoms with van der Waals surface area (Å²) in [7, 11) is 0. The van der Waals surface area contributed by atoms with Gasteiger partial charge in [-0.1, -0.05) is 78.9 Å². The highest BCUT2D eigenvalue weighted by molar-refractivity contribution is 6.09. The van der Waals surface area contributed by atoms with E-state index in [0.717, 1.165) is 0 Å². The van der Waals surface area contributed by atoms with Crippen molar-refractivity contribution in [3.8, 4) is 22.3 Å². The quantitative estimate of drug-likeness (QED) is 0.308. The van der Waals surface area contributed by atoms with Crippen LogP contribution in [0.2, 0.25) is 0 Å². The summed E-state index contributed by atoms with van der Waals surface area (Å²) in [5, 5.41) is 2.54. The number of H-pyrrole nitrogens is 1. The van der Waals surface area contributed by atoms with Crippen LogP contribution in [0, 0.1) is 0 Å². The summed E-state index contributed by atoms with van der Waals surface area (Å²) in [5.41, 5.74) is 7.36. The molecule has 1 heterocycles. The molecule has 4 aromatic carbocycles. The zero-order valence-corrected chi connectivity index (χ0v) is 16.0. The monoisotopic (exact) mass is 361 g/mol. The van der Waals surface area contributed by atoms with Crippen LogP contribution in [0.5, 0.6) is 0 Å². The highest BCUT2D eigenvalue weighted by Crippen LogP contribution is 2.32. The van der Waals surface area contributed by atoms with Crippen molar-refractivity contribution in [2.75, 3.05) is 0 Å². The van der Waals surface area contributed by atoms with Crippen molar-refractivity contribution in [3.05, 3.63) is 110 Å².